The molecule has 1 fully saturated rings. The number of primary amides is 1. The molecule has 1 aromatic rings. The highest BCUT2D eigenvalue weighted by molar-refractivity contribution is 7.89. The lowest BCUT2D eigenvalue weighted by Gasteiger charge is -2.21. The van der Waals surface area contributed by atoms with Crippen molar-refractivity contribution in [1.29, 1.82) is 0 Å². The lowest BCUT2D eigenvalue weighted by atomic mass is 10.2. The summed E-state index contributed by atoms with van der Waals surface area (Å²) < 4.78 is 39.0. The second kappa shape index (κ2) is 5.63. The molecule has 0 spiro atoms. The molecule has 120 valence electrons. The Balaban J connectivity index is 2.49. The number of hydrogen-bond donors (Lipinski definition) is 3. The van der Waals surface area contributed by atoms with E-state index in [4.69, 9.17) is 10.8 Å². The SMILES string of the molecule is NC(=O)[C@@H]1C[C@H](O)CN1S(=O)(=O)c1ccc(F)c(C(=O)O)c1. The van der Waals surface area contributed by atoms with Crippen molar-refractivity contribution in [1.82, 2.24) is 4.31 Å². The molecule has 0 unspecified atom stereocenters. The molecule has 2 atom stereocenters. The Kier molecular flexibility index (Phi) is 4.18. The van der Waals surface area contributed by atoms with Gasteiger partial charge in [0, 0.05) is 13.0 Å². The number of halogens is 1. The maximum absolute atomic E-state index is 13.3. The first-order valence-electron chi connectivity index (χ1n) is 6.16. The van der Waals surface area contributed by atoms with E-state index in [-0.39, 0.29) is 13.0 Å². The predicted octanol–water partition coefficient (Wildman–Crippen LogP) is -0.867. The van der Waals surface area contributed by atoms with Crippen LogP contribution in [0.3, 0.4) is 0 Å². The van der Waals surface area contributed by atoms with Gasteiger partial charge in [-0.25, -0.2) is 17.6 Å². The van der Waals surface area contributed by atoms with Gasteiger partial charge in [-0.3, -0.25) is 4.79 Å². The minimum absolute atomic E-state index is 0.151. The molecule has 8 nitrogen and oxygen atoms in total. The number of aliphatic hydroxyl groups is 1. The fraction of sp³-hybridized carbons (Fsp3) is 0.333. The number of sulfonamides is 1. The monoisotopic (exact) mass is 332 g/mol. The summed E-state index contributed by atoms with van der Waals surface area (Å²) in [6.45, 7) is -0.351. The first kappa shape index (κ1) is 16.3. The summed E-state index contributed by atoms with van der Waals surface area (Å²) in [6.07, 6.45) is -1.21. The van der Waals surface area contributed by atoms with Gasteiger partial charge in [0.2, 0.25) is 15.9 Å². The fourth-order valence-corrected chi connectivity index (χ4v) is 3.94. The summed E-state index contributed by atoms with van der Waals surface area (Å²) >= 11 is 0. The molecule has 10 heteroatoms. The van der Waals surface area contributed by atoms with Gasteiger partial charge in [0.1, 0.15) is 11.9 Å². The van der Waals surface area contributed by atoms with Crippen LogP contribution in [0, 0.1) is 5.82 Å². The quantitative estimate of drug-likeness (QED) is 0.655. The number of carboxylic acids is 1. The molecule has 4 N–H and O–H groups in total. The number of carbonyl (C=O) groups excluding carboxylic acids is 1. The highest BCUT2D eigenvalue weighted by Crippen LogP contribution is 2.27. The zero-order valence-corrected chi connectivity index (χ0v) is 12.0. The van der Waals surface area contributed by atoms with Gasteiger partial charge in [-0.05, 0) is 18.2 Å². The van der Waals surface area contributed by atoms with Crippen molar-refractivity contribution < 1.29 is 32.6 Å². The van der Waals surface area contributed by atoms with E-state index in [9.17, 15) is 27.5 Å². The third-order valence-corrected chi connectivity index (χ3v) is 5.21. The Bertz CT molecular complexity index is 735. The molecule has 1 heterocycles. The van der Waals surface area contributed by atoms with E-state index in [2.05, 4.69) is 0 Å². The van der Waals surface area contributed by atoms with Crippen LogP contribution in [0.2, 0.25) is 0 Å². The van der Waals surface area contributed by atoms with Crippen molar-refractivity contribution in [2.24, 2.45) is 5.73 Å². The number of rotatable bonds is 4. The average molecular weight is 332 g/mol. The van der Waals surface area contributed by atoms with Gasteiger partial charge in [0.25, 0.3) is 0 Å². The van der Waals surface area contributed by atoms with E-state index in [1.54, 1.807) is 0 Å². The lowest BCUT2D eigenvalue weighted by Crippen LogP contribution is -2.43. The highest BCUT2D eigenvalue weighted by Gasteiger charge is 2.42. The number of aromatic carboxylic acids is 1. The van der Waals surface area contributed by atoms with Crippen molar-refractivity contribution in [2.75, 3.05) is 6.54 Å². The summed E-state index contributed by atoms with van der Waals surface area (Å²) in [5, 5.41) is 18.4. The minimum Gasteiger partial charge on any atom is -0.478 e. The molecular formula is C12H13FN2O6S. The van der Waals surface area contributed by atoms with Gasteiger partial charge in [-0.15, -0.1) is 0 Å². The van der Waals surface area contributed by atoms with Crippen molar-refractivity contribution in [3.05, 3.63) is 29.6 Å². The first-order chi connectivity index (χ1) is 10.1. The number of nitrogens with zero attached hydrogens (tertiary/aromatic N) is 1. The highest BCUT2D eigenvalue weighted by atomic mass is 32.2. The van der Waals surface area contributed by atoms with E-state index in [0.29, 0.717) is 16.4 Å². The number of hydrogen-bond acceptors (Lipinski definition) is 5. The largest absolute Gasteiger partial charge is 0.478 e. The average Bonchev–Trinajstić information content (AvgIpc) is 2.81. The first-order valence-corrected chi connectivity index (χ1v) is 7.60. The molecule has 1 saturated heterocycles. The van der Waals surface area contributed by atoms with Gasteiger partial charge in [-0.1, -0.05) is 0 Å². The van der Waals surface area contributed by atoms with Crippen LogP contribution in [0.15, 0.2) is 23.1 Å². The zero-order chi connectivity index (χ0) is 16.7. The van der Waals surface area contributed by atoms with Gasteiger partial charge < -0.3 is 15.9 Å². The van der Waals surface area contributed by atoms with Crippen LogP contribution in [0.25, 0.3) is 0 Å². The minimum atomic E-state index is -4.30. The molecule has 0 saturated carbocycles. The maximum atomic E-state index is 13.3. The van der Waals surface area contributed by atoms with Crippen molar-refractivity contribution >= 4 is 21.9 Å². The molecule has 1 aliphatic rings. The van der Waals surface area contributed by atoms with E-state index < -0.39 is 50.3 Å². The third-order valence-electron chi connectivity index (χ3n) is 3.34. The molecule has 1 aliphatic heterocycles. The molecule has 0 aliphatic carbocycles. The van der Waals surface area contributed by atoms with Crippen LogP contribution in [-0.2, 0) is 14.8 Å². The van der Waals surface area contributed by atoms with Crippen LogP contribution in [-0.4, -0.2) is 53.5 Å². The van der Waals surface area contributed by atoms with E-state index in [0.717, 1.165) is 6.07 Å². The smallest absolute Gasteiger partial charge is 0.338 e. The molecule has 2 rings (SSSR count). The number of β-amino-alcohol motifs (C(OH)–C–C–N with tert-alkyl or cyclic N) is 1. The molecule has 0 bridgehead atoms. The van der Waals surface area contributed by atoms with Crippen LogP contribution in [0.1, 0.15) is 16.8 Å². The Morgan fingerprint density at radius 3 is 2.55 bits per heavy atom. The topological polar surface area (TPSA) is 138 Å². The number of amides is 1. The van der Waals surface area contributed by atoms with Crippen molar-refractivity contribution in [3.63, 3.8) is 0 Å². The Hall–Kier alpha value is -2.04. The third kappa shape index (κ3) is 2.80. The summed E-state index contributed by atoms with van der Waals surface area (Å²) in [4.78, 5) is 21.7. The molecule has 0 radical (unpaired) electrons. The summed E-state index contributed by atoms with van der Waals surface area (Å²) in [5.74, 6) is -3.64. The molecule has 1 amide bonds. The maximum Gasteiger partial charge on any atom is 0.338 e. The number of benzene rings is 1. The molecule has 0 aromatic heterocycles. The van der Waals surface area contributed by atoms with E-state index in [1.165, 1.54) is 0 Å². The van der Waals surface area contributed by atoms with Gasteiger partial charge in [0.15, 0.2) is 0 Å². The summed E-state index contributed by atoms with van der Waals surface area (Å²) in [5.41, 5.74) is 4.31. The normalized spacial score (nSPS) is 22.6. The number of nitrogens with two attached hydrogens (primary N) is 1. The Labute approximate surface area is 125 Å². The summed E-state index contributed by atoms with van der Waals surface area (Å²) in [6, 6.07) is 1.02. The predicted molar refractivity (Wildman–Crippen MR) is 70.9 cm³/mol. The van der Waals surface area contributed by atoms with Gasteiger partial charge >= 0.3 is 5.97 Å². The standard InChI is InChI=1S/C12H13FN2O6S/c13-9-2-1-7(4-8(9)12(18)19)22(20,21)15-5-6(16)3-10(15)11(14)17/h1-2,4,6,10,16H,3,5H2,(H2,14,17)(H,18,19)/t6-,10-/m0/s1. The Morgan fingerprint density at radius 2 is 2.00 bits per heavy atom. The molecule has 22 heavy (non-hydrogen) atoms. The second-order valence-electron chi connectivity index (χ2n) is 4.83. The lowest BCUT2D eigenvalue weighted by molar-refractivity contribution is -0.121. The zero-order valence-electron chi connectivity index (χ0n) is 11.1. The van der Waals surface area contributed by atoms with Gasteiger partial charge in [-0.2, -0.15) is 4.31 Å². The van der Waals surface area contributed by atoms with Crippen molar-refractivity contribution in [3.8, 4) is 0 Å². The van der Waals surface area contributed by atoms with Crippen LogP contribution in [0.4, 0.5) is 4.39 Å². The van der Waals surface area contributed by atoms with Crippen LogP contribution < -0.4 is 5.73 Å². The van der Waals surface area contributed by atoms with Crippen molar-refractivity contribution in [2.45, 2.75) is 23.5 Å². The van der Waals surface area contributed by atoms with E-state index in [1.807, 2.05) is 0 Å². The second-order valence-corrected chi connectivity index (χ2v) is 6.72. The van der Waals surface area contributed by atoms with Crippen LogP contribution in [0.5, 0.6) is 0 Å². The van der Waals surface area contributed by atoms with Crippen LogP contribution >= 0.6 is 0 Å². The molecular weight excluding hydrogens is 319 g/mol. The van der Waals surface area contributed by atoms with Gasteiger partial charge in [0.05, 0.1) is 16.6 Å². The summed E-state index contributed by atoms with van der Waals surface area (Å²) in [7, 11) is -4.30. The Morgan fingerprint density at radius 1 is 1.36 bits per heavy atom. The molecule has 1 aromatic carbocycles. The number of carbonyl (C=O) groups is 2. The number of aliphatic hydroxyl groups excluding tert-OH is 1. The van der Waals surface area contributed by atoms with E-state index >= 15 is 0 Å². The number of carboxylic acid groups (broad SMARTS) is 1. The fourth-order valence-electron chi connectivity index (χ4n) is 2.27.